The number of urea groups is 1. The standard InChI is InChI=1S/C14H11ClN4O4S2/c15-9-5-7(1-4-11(9)20)17-13(21)19-14-18-10-3-2-8(25(16,22)23)6-12(10)24-14/h1-6,20H,(H2,16,22,23)(H2,17,18,19,21). The molecule has 2 amide bonds. The molecule has 5 N–H and O–H groups in total. The van der Waals surface area contributed by atoms with Crippen LogP contribution < -0.4 is 15.8 Å². The Hall–Kier alpha value is -2.40. The van der Waals surface area contributed by atoms with E-state index in [1.807, 2.05) is 0 Å². The van der Waals surface area contributed by atoms with E-state index >= 15 is 0 Å². The molecule has 1 heterocycles. The summed E-state index contributed by atoms with van der Waals surface area (Å²) < 4.78 is 23.3. The SMILES string of the molecule is NS(=O)(=O)c1ccc2nc(NC(=O)Nc3ccc(O)c(Cl)c3)sc2c1. The van der Waals surface area contributed by atoms with Crippen molar-refractivity contribution in [2.75, 3.05) is 10.6 Å². The van der Waals surface area contributed by atoms with Crippen molar-refractivity contribution < 1.29 is 18.3 Å². The summed E-state index contributed by atoms with van der Waals surface area (Å²) in [7, 11) is -3.81. The largest absolute Gasteiger partial charge is 0.506 e. The Labute approximate surface area is 151 Å². The first-order chi connectivity index (χ1) is 11.7. The molecule has 0 atom stereocenters. The van der Waals surface area contributed by atoms with Crippen LogP contribution in [0.2, 0.25) is 5.02 Å². The van der Waals surface area contributed by atoms with Crippen molar-refractivity contribution in [1.82, 2.24) is 4.98 Å². The van der Waals surface area contributed by atoms with Gasteiger partial charge in [0.15, 0.2) is 5.13 Å². The highest BCUT2D eigenvalue weighted by atomic mass is 35.5. The number of anilines is 2. The van der Waals surface area contributed by atoms with Gasteiger partial charge in [0.2, 0.25) is 10.0 Å². The van der Waals surface area contributed by atoms with E-state index in [0.717, 1.165) is 11.3 Å². The number of halogens is 1. The van der Waals surface area contributed by atoms with E-state index in [1.165, 1.54) is 36.4 Å². The van der Waals surface area contributed by atoms with Gasteiger partial charge in [0.1, 0.15) is 5.75 Å². The molecule has 1 aromatic heterocycles. The van der Waals surface area contributed by atoms with Crippen LogP contribution in [-0.4, -0.2) is 24.5 Å². The third kappa shape index (κ3) is 3.99. The van der Waals surface area contributed by atoms with E-state index in [-0.39, 0.29) is 20.8 Å². The number of fused-ring (bicyclic) bond motifs is 1. The van der Waals surface area contributed by atoms with E-state index in [0.29, 0.717) is 15.9 Å². The molecule has 3 aromatic rings. The van der Waals surface area contributed by atoms with Gasteiger partial charge in [0, 0.05) is 5.69 Å². The minimum Gasteiger partial charge on any atom is -0.506 e. The molecular weight excluding hydrogens is 388 g/mol. The molecule has 0 spiro atoms. The van der Waals surface area contributed by atoms with Gasteiger partial charge in [-0.25, -0.2) is 23.3 Å². The molecule has 3 rings (SSSR count). The second-order valence-electron chi connectivity index (χ2n) is 4.94. The monoisotopic (exact) mass is 398 g/mol. The Morgan fingerprint density at radius 2 is 1.96 bits per heavy atom. The average Bonchev–Trinajstić information content (AvgIpc) is 2.91. The van der Waals surface area contributed by atoms with Gasteiger partial charge in [-0.05, 0) is 36.4 Å². The lowest BCUT2D eigenvalue weighted by atomic mass is 10.3. The van der Waals surface area contributed by atoms with Crippen molar-refractivity contribution in [3.63, 3.8) is 0 Å². The van der Waals surface area contributed by atoms with Crippen LogP contribution in [0.15, 0.2) is 41.3 Å². The van der Waals surface area contributed by atoms with Crippen molar-refractivity contribution in [3.05, 3.63) is 41.4 Å². The van der Waals surface area contributed by atoms with Gasteiger partial charge >= 0.3 is 6.03 Å². The Morgan fingerprint density at radius 1 is 1.20 bits per heavy atom. The summed E-state index contributed by atoms with van der Waals surface area (Å²) in [6.45, 7) is 0. The molecule has 0 aliphatic rings. The lowest BCUT2D eigenvalue weighted by Gasteiger charge is -2.06. The number of aromatic hydroxyl groups is 1. The van der Waals surface area contributed by atoms with E-state index < -0.39 is 16.1 Å². The van der Waals surface area contributed by atoms with Crippen LogP contribution in [0.1, 0.15) is 0 Å². The Balaban J connectivity index is 1.78. The normalized spacial score (nSPS) is 11.4. The maximum atomic E-state index is 12.0. The molecular formula is C14H11ClN4O4S2. The minimum atomic E-state index is -3.81. The van der Waals surface area contributed by atoms with Crippen LogP contribution >= 0.6 is 22.9 Å². The first kappa shape index (κ1) is 17.4. The number of carbonyl (C=O) groups excluding carboxylic acids is 1. The van der Waals surface area contributed by atoms with Crippen molar-refractivity contribution in [2.24, 2.45) is 5.14 Å². The summed E-state index contributed by atoms with van der Waals surface area (Å²) in [4.78, 5) is 16.2. The number of amides is 2. The van der Waals surface area contributed by atoms with Crippen LogP contribution in [-0.2, 0) is 10.0 Å². The van der Waals surface area contributed by atoms with Gasteiger partial charge in [-0.15, -0.1) is 0 Å². The summed E-state index contributed by atoms with van der Waals surface area (Å²) in [6, 6.07) is 7.92. The van der Waals surface area contributed by atoms with Gasteiger partial charge in [-0.2, -0.15) is 0 Å². The number of nitrogens with two attached hydrogens (primary N) is 1. The number of carbonyl (C=O) groups is 1. The van der Waals surface area contributed by atoms with Gasteiger partial charge in [-0.1, -0.05) is 22.9 Å². The second-order valence-corrected chi connectivity index (χ2v) is 7.94. The Bertz CT molecular complexity index is 1080. The maximum absolute atomic E-state index is 12.0. The van der Waals surface area contributed by atoms with E-state index in [1.54, 1.807) is 0 Å². The first-order valence-corrected chi connectivity index (χ1v) is 9.46. The fraction of sp³-hybridized carbons (Fsp3) is 0. The fourth-order valence-electron chi connectivity index (χ4n) is 1.98. The number of benzene rings is 2. The summed E-state index contributed by atoms with van der Waals surface area (Å²) in [5, 5.41) is 19.9. The molecule has 0 aliphatic heterocycles. The number of phenols is 1. The van der Waals surface area contributed by atoms with Crippen LogP contribution in [0.4, 0.5) is 15.6 Å². The zero-order valence-corrected chi connectivity index (χ0v) is 14.7. The summed E-state index contributed by atoms with van der Waals surface area (Å²) in [5.41, 5.74) is 0.915. The van der Waals surface area contributed by atoms with Crippen LogP contribution in [0.3, 0.4) is 0 Å². The number of nitrogens with zero attached hydrogens (tertiary/aromatic N) is 1. The number of sulfonamides is 1. The lowest BCUT2D eigenvalue weighted by Crippen LogP contribution is -2.19. The Morgan fingerprint density at radius 3 is 2.64 bits per heavy atom. The van der Waals surface area contributed by atoms with Crippen molar-refractivity contribution in [2.45, 2.75) is 4.90 Å². The third-order valence-corrected chi connectivity index (χ3v) is 5.26. The van der Waals surface area contributed by atoms with Gasteiger partial charge < -0.3 is 10.4 Å². The number of primary sulfonamides is 1. The van der Waals surface area contributed by atoms with Crippen LogP contribution in [0.5, 0.6) is 5.75 Å². The fourth-order valence-corrected chi connectivity index (χ4v) is 3.67. The highest BCUT2D eigenvalue weighted by molar-refractivity contribution is 7.89. The van der Waals surface area contributed by atoms with Crippen molar-refractivity contribution in [1.29, 1.82) is 0 Å². The maximum Gasteiger partial charge on any atom is 0.325 e. The lowest BCUT2D eigenvalue weighted by molar-refractivity contribution is 0.262. The zero-order valence-electron chi connectivity index (χ0n) is 12.4. The van der Waals surface area contributed by atoms with E-state index in [9.17, 15) is 18.3 Å². The molecule has 0 fully saturated rings. The van der Waals surface area contributed by atoms with Crippen LogP contribution in [0.25, 0.3) is 10.2 Å². The summed E-state index contributed by atoms with van der Waals surface area (Å²) in [5.74, 6) is -0.0931. The Kier molecular flexibility index (Phi) is 4.52. The van der Waals surface area contributed by atoms with Gasteiger partial charge in [0.25, 0.3) is 0 Å². The number of nitrogens with one attached hydrogen (secondary N) is 2. The second kappa shape index (κ2) is 6.48. The van der Waals surface area contributed by atoms with Crippen molar-refractivity contribution >= 4 is 60.0 Å². The number of phenolic OH excluding ortho intramolecular Hbond substituents is 1. The summed E-state index contributed by atoms with van der Waals surface area (Å²) in [6.07, 6.45) is 0. The summed E-state index contributed by atoms with van der Waals surface area (Å²) >= 11 is 6.87. The highest BCUT2D eigenvalue weighted by Crippen LogP contribution is 2.29. The molecule has 0 saturated carbocycles. The molecule has 11 heteroatoms. The molecule has 0 unspecified atom stereocenters. The molecule has 8 nitrogen and oxygen atoms in total. The van der Waals surface area contributed by atoms with Gasteiger partial charge in [-0.3, -0.25) is 5.32 Å². The molecule has 0 radical (unpaired) electrons. The topological polar surface area (TPSA) is 134 Å². The predicted molar refractivity (Wildman–Crippen MR) is 96.8 cm³/mol. The zero-order chi connectivity index (χ0) is 18.2. The molecule has 0 bridgehead atoms. The molecule has 25 heavy (non-hydrogen) atoms. The van der Waals surface area contributed by atoms with Crippen LogP contribution in [0, 0.1) is 0 Å². The number of hydrogen-bond donors (Lipinski definition) is 4. The first-order valence-electron chi connectivity index (χ1n) is 6.72. The van der Waals surface area contributed by atoms with Gasteiger partial charge in [0.05, 0.1) is 20.1 Å². The number of thiazole rings is 1. The quantitative estimate of drug-likeness (QED) is 0.503. The molecule has 2 aromatic carbocycles. The smallest absolute Gasteiger partial charge is 0.325 e. The number of aromatic nitrogens is 1. The minimum absolute atomic E-state index is 0.0293. The third-order valence-electron chi connectivity index (χ3n) is 3.11. The number of rotatable bonds is 3. The number of hydrogen-bond acceptors (Lipinski definition) is 6. The highest BCUT2D eigenvalue weighted by Gasteiger charge is 2.13. The molecule has 130 valence electrons. The van der Waals surface area contributed by atoms with E-state index in [2.05, 4.69) is 15.6 Å². The molecule has 0 saturated heterocycles. The molecule has 0 aliphatic carbocycles. The van der Waals surface area contributed by atoms with Crippen molar-refractivity contribution in [3.8, 4) is 5.75 Å². The average molecular weight is 399 g/mol. The van der Waals surface area contributed by atoms with E-state index in [4.69, 9.17) is 16.7 Å². The predicted octanol–water partition coefficient (Wildman–Crippen LogP) is 2.95.